The molecule has 0 bridgehead atoms. The largest absolute Gasteiger partial charge is 0.457 e. The first kappa shape index (κ1) is 36.0. The number of para-hydroxylation sites is 1. The van der Waals surface area contributed by atoms with Crippen LogP contribution < -0.4 is 4.74 Å². The molecule has 1 atom stereocenters. The zero-order valence-corrected chi connectivity index (χ0v) is 33.9. The van der Waals surface area contributed by atoms with Gasteiger partial charge in [-0.05, 0) is 92.4 Å². The summed E-state index contributed by atoms with van der Waals surface area (Å²) in [6.45, 7) is 0. The van der Waals surface area contributed by atoms with E-state index in [4.69, 9.17) is 14.7 Å². The van der Waals surface area contributed by atoms with E-state index in [2.05, 4.69) is 224 Å². The minimum absolute atomic E-state index is 0.00157. The van der Waals surface area contributed by atoms with Crippen molar-refractivity contribution in [2.24, 2.45) is 0 Å². The molecular formula is C59H40N2O. The van der Waals surface area contributed by atoms with Crippen LogP contribution in [0, 0.1) is 0 Å². The summed E-state index contributed by atoms with van der Waals surface area (Å²) in [5.74, 6) is 2.57. The number of nitrogens with zero attached hydrogens (tertiary/aromatic N) is 2. The summed E-state index contributed by atoms with van der Waals surface area (Å²) in [4.78, 5) is 10.9. The number of hydrogen-bond donors (Lipinski definition) is 0. The highest BCUT2D eigenvalue weighted by atomic mass is 16.5. The van der Waals surface area contributed by atoms with Crippen LogP contribution in [0.1, 0.15) is 46.0 Å². The molecule has 0 N–H and O–H groups in total. The highest BCUT2D eigenvalue weighted by Crippen LogP contribution is 2.62. The van der Waals surface area contributed by atoms with Gasteiger partial charge in [-0.2, -0.15) is 0 Å². The van der Waals surface area contributed by atoms with Crippen LogP contribution in [0.2, 0.25) is 0 Å². The Labute approximate surface area is 362 Å². The van der Waals surface area contributed by atoms with Crippen molar-refractivity contribution in [2.45, 2.75) is 17.8 Å². The lowest BCUT2D eigenvalue weighted by molar-refractivity contribution is 0.436. The van der Waals surface area contributed by atoms with E-state index in [1.807, 2.05) is 0 Å². The fraction of sp³-hybridized carbons (Fsp3) is 0.0508. The molecule has 62 heavy (non-hydrogen) atoms. The number of benzene rings is 8. The van der Waals surface area contributed by atoms with Crippen molar-refractivity contribution in [1.29, 1.82) is 0 Å². The Morgan fingerprint density at radius 1 is 0.403 bits per heavy atom. The van der Waals surface area contributed by atoms with Gasteiger partial charge in [0.05, 0.1) is 16.8 Å². The Kier molecular flexibility index (Phi) is 8.53. The van der Waals surface area contributed by atoms with Gasteiger partial charge in [0.1, 0.15) is 17.3 Å². The summed E-state index contributed by atoms with van der Waals surface area (Å²) in [6.07, 6.45) is 7.45. The van der Waals surface area contributed by atoms with Crippen molar-refractivity contribution in [3.63, 3.8) is 0 Å². The van der Waals surface area contributed by atoms with Crippen LogP contribution in [0.3, 0.4) is 0 Å². The predicted molar refractivity (Wildman–Crippen MR) is 252 cm³/mol. The Morgan fingerprint density at radius 3 is 1.74 bits per heavy atom. The third-order valence-electron chi connectivity index (χ3n) is 12.9. The van der Waals surface area contributed by atoms with Gasteiger partial charge >= 0.3 is 0 Å². The van der Waals surface area contributed by atoms with Gasteiger partial charge in [0, 0.05) is 28.2 Å². The number of fused-ring (bicyclic) bond motifs is 9. The van der Waals surface area contributed by atoms with Crippen LogP contribution in [0.25, 0.3) is 61.5 Å². The van der Waals surface area contributed by atoms with E-state index in [1.165, 1.54) is 39.0 Å². The normalized spacial score (nSPS) is 15.2. The Morgan fingerprint density at radius 2 is 0.984 bits per heavy atom. The van der Waals surface area contributed by atoms with Gasteiger partial charge in [-0.3, -0.25) is 0 Å². The van der Waals surface area contributed by atoms with Gasteiger partial charge in [0.25, 0.3) is 0 Å². The molecule has 1 aromatic heterocycles. The standard InChI is InChI=1S/C59H40N2O/c1-3-17-39(18-4-1)41-21-15-23-44(35-41)54-38-55(61-58(60-54)45-24-16-22-42(36-45)40-19-5-2-6-20-40)49-28-8-7-25-46(49)43-33-34-57-53(37-43)59(52-31-13-14-32-56(52)62-57)50-29-11-9-26-47(50)48-27-10-12-30-51(48)59/h1-35,37-38,45H,36H2. The number of rotatable bonds is 6. The maximum atomic E-state index is 6.80. The summed E-state index contributed by atoms with van der Waals surface area (Å²) in [7, 11) is 0. The van der Waals surface area contributed by atoms with E-state index in [-0.39, 0.29) is 5.92 Å². The van der Waals surface area contributed by atoms with Crippen molar-refractivity contribution in [1.82, 2.24) is 9.97 Å². The fourth-order valence-corrected chi connectivity index (χ4v) is 10.1. The van der Waals surface area contributed by atoms with E-state index in [9.17, 15) is 0 Å². The van der Waals surface area contributed by atoms with Crippen LogP contribution in [0.4, 0.5) is 0 Å². The zero-order valence-electron chi connectivity index (χ0n) is 33.9. The van der Waals surface area contributed by atoms with Gasteiger partial charge in [-0.25, -0.2) is 9.97 Å². The zero-order chi connectivity index (χ0) is 41.0. The molecule has 2 heterocycles. The quantitative estimate of drug-likeness (QED) is 0.168. The van der Waals surface area contributed by atoms with Crippen molar-refractivity contribution in [3.8, 4) is 67.4 Å². The maximum absolute atomic E-state index is 6.80. The van der Waals surface area contributed by atoms with Gasteiger partial charge < -0.3 is 4.74 Å². The molecule has 0 saturated heterocycles. The van der Waals surface area contributed by atoms with E-state index < -0.39 is 5.41 Å². The average Bonchev–Trinajstić information content (AvgIpc) is 3.65. The van der Waals surface area contributed by atoms with Crippen molar-refractivity contribution in [2.75, 3.05) is 0 Å². The third kappa shape index (κ3) is 5.81. The highest BCUT2D eigenvalue weighted by Gasteiger charge is 2.51. The molecular weight excluding hydrogens is 753 g/mol. The summed E-state index contributed by atoms with van der Waals surface area (Å²) in [6, 6.07) is 73.9. The van der Waals surface area contributed by atoms with Gasteiger partial charge in [0.2, 0.25) is 0 Å². The molecule has 8 aromatic carbocycles. The SMILES string of the molecule is C1=CC(c2nc(-c3cccc(-c4ccccc4)c3)cc(-c3ccccc3-c3ccc4c(c3)C3(c5ccccc5O4)c4ccccc4-c4ccccc43)n2)CC(c2ccccc2)=C1. The van der Waals surface area contributed by atoms with Crippen LogP contribution in [0.5, 0.6) is 11.5 Å². The van der Waals surface area contributed by atoms with Gasteiger partial charge in [0.15, 0.2) is 0 Å². The minimum atomic E-state index is -0.557. The van der Waals surface area contributed by atoms with E-state index in [1.54, 1.807) is 0 Å². The monoisotopic (exact) mass is 792 g/mol. The fourth-order valence-electron chi connectivity index (χ4n) is 10.1. The summed E-state index contributed by atoms with van der Waals surface area (Å²) in [5, 5.41) is 0. The first-order valence-corrected chi connectivity index (χ1v) is 21.4. The molecule has 3 aliphatic rings. The van der Waals surface area contributed by atoms with Gasteiger partial charge in [-0.1, -0.05) is 194 Å². The van der Waals surface area contributed by atoms with Gasteiger partial charge in [-0.15, -0.1) is 0 Å². The van der Waals surface area contributed by atoms with E-state index in [0.29, 0.717) is 0 Å². The minimum Gasteiger partial charge on any atom is -0.457 e. The number of aromatic nitrogens is 2. The Balaban J connectivity index is 1.03. The topological polar surface area (TPSA) is 35.0 Å². The Hall–Kier alpha value is -7.88. The smallest absolute Gasteiger partial charge is 0.136 e. The summed E-state index contributed by atoms with van der Waals surface area (Å²) >= 11 is 0. The lowest BCUT2D eigenvalue weighted by Gasteiger charge is -2.39. The third-order valence-corrected chi connectivity index (χ3v) is 12.9. The van der Waals surface area contributed by atoms with Crippen LogP contribution >= 0.6 is 0 Å². The lowest BCUT2D eigenvalue weighted by Crippen LogP contribution is -2.32. The predicted octanol–water partition coefficient (Wildman–Crippen LogP) is 14.7. The van der Waals surface area contributed by atoms with Crippen molar-refractivity contribution < 1.29 is 4.74 Å². The number of ether oxygens (including phenoxy) is 1. The van der Waals surface area contributed by atoms with Crippen molar-refractivity contribution >= 4 is 5.57 Å². The molecule has 3 heteroatoms. The molecule has 0 amide bonds. The molecule has 1 unspecified atom stereocenters. The van der Waals surface area contributed by atoms with Crippen LogP contribution in [-0.2, 0) is 5.41 Å². The Bertz CT molecular complexity index is 3210. The van der Waals surface area contributed by atoms with E-state index >= 15 is 0 Å². The second-order valence-electron chi connectivity index (χ2n) is 16.4. The van der Waals surface area contributed by atoms with Crippen LogP contribution in [-0.4, -0.2) is 9.97 Å². The summed E-state index contributed by atoms with van der Waals surface area (Å²) < 4.78 is 6.80. The molecule has 0 radical (unpaired) electrons. The highest BCUT2D eigenvalue weighted by molar-refractivity contribution is 5.90. The molecule has 1 aliphatic heterocycles. The second-order valence-corrected chi connectivity index (χ2v) is 16.4. The molecule has 3 nitrogen and oxygen atoms in total. The molecule has 292 valence electrons. The number of allylic oxidation sites excluding steroid dienone is 4. The van der Waals surface area contributed by atoms with Crippen LogP contribution in [0.15, 0.2) is 224 Å². The van der Waals surface area contributed by atoms with E-state index in [0.717, 1.165) is 74.1 Å². The second kappa shape index (κ2) is 14.7. The first-order chi connectivity index (χ1) is 30.7. The molecule has 2 aliphatic carbocycles. The number of hydrogen-bond acceptors (Lipinski definition) is 3. The average molecular weight is 793 g/mol. The maximum Gasteiger partial charge on any atom is 0.136 e. The summed E-state index contributed by atoms with van der Waals surface area (Å²) in [5.41, 5.74) is 17.7. The molecule has 1 spiro atoms. The molecule has 0 saturated carbocycles. The molecule has 12 rings (SSSR count). The lowest BCUT2D eigenvalue weighted by atomic mass is 9.65. The molecule has 0 fully saturated rings. The molecule has 9 aromatic rings. The van der Waals surface area contributed by atoms with Crippen molar-refractivity contribution in [3.05, 3.63) is 258 Å². The first-order valence-electron chi connectivity index (χ1n) is 21.4.